The molecule has 0 aromatic carbocycles. The van der Waals surface area contributed by atoms with Crippen LogP contribution in [-0.2, 0) is 19.9 Å². The molecule has 0 N–H and O–H groups in total. The van der Waals surface area contributed by atoms with Crippen LogP contribution < -0.4 is 0 Å². The Hall–Kier alpha value is -0.580. The predicted octanol–water partition coefficient (Wildman–Crippen LogP) is 0.998. The molecule has 0 fully saturated rings. The molecule has 0 saturated heterocycles. The first-order valence-corrected chi connectivity index (χ1v) is 10.0. The lowest BCUT2D eigenvalue weighted by Crippen LogP contribution is -2.22. The molecular weight excluding hydrogens is 322 g/mol. The van der Waals surface area contributed by atoms with Gasteiger partial charge in [-0.3, -0.25) is 0 Å². The number of sulfonamides is 1. The van der Waals surface area contributed by atoms with Crippen LogP contribution in [0.1, 0.15) is 26.7 Å². The molecule has 116 valence electrons. The molecule has 10 heteroatoms. The topological polar surface area (TPSA) is 97.3 Å². The fraction of sp³-hybridized carbons (Fsp3) is 0.800. The molecule has 0 saturated carbocycles. The molecule has 1 aromatic rings. The number of rotatable bonds is 7. The number of hydrogen-bond acceptors (Lipinski definition) is 7. The molecule has 0 aliphatic carbocycles. The summed E-state index contributed by atoms with van der Waals surface area (Å²) in [7, 11) is -4.62. The zero-order chi connectivity index (χ0) is 15.6. The molecule has 1 atom stereocenters. The van der Waals surface area contributed by atoms with E-state index in [4.69, 9.17) is 0 Å². The van der Waals surface area contributed by atoms with E-state index in [1.807, 2.05) is 13.8 Å². The van der Waals surface area contributed by atoms with Crippen LogP contribution >= 0.6 is 11.3 Å². The Bertz CT molecular complexity index is 649. The van der Waals surface area contributed by atoms with E-state index < -0.39 is 19.9 Å². The molecule has 1 heterocycles. The van der Waals surface area contributed by atoms with Crippen molar-refractivity contribution in [1.29, 1.82) is 0 Å². The Balaban J connectivity index is 3.03. The monoisotopic (exact) mass is 341 g/mol. The van der Waals surface area contributed by atoms with E-state index in [9.17, 15) is 16.8 Å². The second kappa shape index (κ2) is 6.46. The second-order valence-corrected chi connectivity index (χ2v) is 10.3. The molecule has 1 rings (SSSR count). The summed E-state index contributed by atoms with van der Waals surface area (Å²) in [5, 5.41) is 7.01. The van der Waals surface area contributed by atoms with E-state index in [1.54, 1.807) is 0 Å². The Morgan fingerprint density at radius 3 is 2.20 bits per heavy atom. The van der Waals surface area contributed by atoms with Gasteiger partial charge in [0.15, 0.2) is 0 Å². The standard InChI is InChI=1S/C10H19N3O4S3/c1-5-6-8(2)7-19(14,15)9-11-12-10(18-9)20(16,17)13(3)4/h8H,5-7H2,1-4H3. The maximum atomic E-state index is 12.1. The molecule has 1 unspecified atom stereocenters. The zero-order valence-corrected chi connectivity index (χ0v) is 14.3. The molecule has 0 spiro atoms. The van der Waals surface area contributed by atoms with Gasteiger partial charge in [-0.2, -0.15) is 0 Å². The third-order valence-electron chi connectivity index (χ3n) is 2.64. The summed E-state index contributed by atoms with van der Waals surface area (Å²) >= 11 is 0.595. The van der Waals surface area contributed by atoms with Crippen LogP contribution in [-0.4, -0.2) is 51.2 Å². The van der Waals surface area contributed by atoms with Crippen molar-refractivity contribution in [2.45, 2.75) is 35.4 Å². The van der Waals surface area contributed by atoms with Crippen LogP contribution in [0.25, 0.3) is 0 Å². The Morgan fingerprint density at radius 1 is 1.15 bits per heavy atom. The number of aromatic nitrogens is 2. The quantitative estimate of drug-likeness (QED) is 0.734. The molecule has 0 radical (unpaired) electrons. The summed E-state index contributed by atoms with van der Waals surface area (Å²) in [6.07, 6.45) is 1.69. The van der Waals surface area contributed by atoms with Crippen LogP contribution in [0.15, 0.2) is 8.68 Å². The molecular formula is C10H19N3O4S3. The van der Waals surface area contributed by atoms with E-state index in [1.165, 1.54) is 14.1 Å². The third-order valence-corrected chi connectivity index (χ3v) is 8.15. The van der Waals surface area contributed by atoms with Gasteiger partial charge in [0.2, 0.25) is 18.5 Å². The molecule has 0 aliphatic rings. The number of nitrogens with zero attached hydrogens (tertiary/aromatic N) is 3. The average molecular weight is 341 g/mol. The lowest BCUT2D eigenvalue weighted by molar-refractivity contribution is 0.518. The largest absolute Gasteiger partial charge is 0.271 e. The van der Waals surface area contributed by atoms with Crippen molar-refractivity contribution in [1.82, 2.24) is 14.5 Å². The van der Waals surface area contributed by atoms with Gasteiger partial charge < -0.3 is 0 Å². The van der Waals surface area contributed by atoms with Crippen molar-refractivity contribution in [2.24, 2.45) is 5.92 Å². The van der Waals surface area contributed by atoms with Crippen LogP contribution in [0.4, 0.5) is 0 Å². The maximum absolute atomic E-state index is 12.1. The first-order chi connectivity index (χ1) is 9.11. The minimum atomic E-state index is -3.74. The summed E-state index contributed by atoms with van der Waals surface area (Å²) in [4.78, 5) is 0. The van der Waals surface area contributed by atoms with E-state index in [0.29, 0.717) is 11.3 Å². The zero-order valence-electron chi connectivity index (χ0n) is 11.9. The van der Waals surface area contributed by atoms with Gasteiger partial charge in [-0.15, -0.1) is 10.2 Å². The SMILES string of the molecule is CCCC(C)CS(=O)(=O)c1nnc(S(=O)(=O)N(C)C)s1. The Labute approximate surface area is 124 Å². The van der Waals surface area contributed by atoms with Gasteiger partial charge in [0, 0.05) is 14.1 Å². The average Bonchev–Trinajstić information content (AvgIpc) is 2.78. The van der Waals surface area contributed by atoms with E-state index in [0.717, 1.165) is 17.1 Å². The second-order valence-electron chi connectivity index (χ2n) is 4.80. The van der Waals surface area contributed by atoms with Crippen LogP contribution in [0, 0.1) is 5.92 Å². The predicted molar refractivity (Wildman–Crippen MR) is 76.9 cm³/mol. The Morgan fingerprint density at radius 2 is 1.70 bits per heavy atom. The van der Waals surface area contributed by atoms with Crippen molar-refractivity contribution >= 4 is 31.2 Å². The fourth-order valence-corrected chi connectivity index (χ4v) is 5.81. The lowest BCUT2D eigenvalue weighted by atomic mass is 10.1. The van der Waals surface area contributed by atoms with Crippen LogP contribution in [0.3, 0.4) is 0 Å². The minimum Gasteiger partial charge on any atom is -0.221 e. The van der Waals surface area contributed by atoms with Gasteiger partial charge in [-0.1, -0.05) is 31.6 Å². The summed E-state index contributed by atoms with van der Waals surface area (Å²) in [5.41, 5.74) is 0. The smallest absolute Gasteiger partial charge is 0.221 e. The molecule has 0 bridgehead atoms. The van der Waals surface area contributed by atoms with E-state index in [2.05, 4.69) is 10.2 Å². The van der Waals surface area contributed by atoms with Gasteiger partial charge in [0.05, 0.1) is 5.75 Å². The number of hydrogen-bond donors (Lipinski definition) is 0. The fourth-order valence-electron chi connectivity index (χ4n) is 1.61. The highest BCUT2D eigenvalue weighted by Gasteiger charge is 2.28. The highest BCUT2D eigenvalue weighted by molar-refractivity contribution is 7.94. The molecule has 1 aromatic heterocycles. The lowest BCUT2D eigenvalue weighted by Gasteiger charge is -2.08. The van der Waals surface area contributed by atoms with Gasteiger partial charge in [0.1, 0.15) is 0 Å². The van der Waals surface area contributed by atoms with Gasteiger partial charge in [-0.05, 0) is 12.3 Å². The van der Waals surface area contributed by atoms with Crippen molar-refractivity contribution in [3.05, 3.63) is 0 Å². The molecule has 20 heavy (non-hydrogen) atoms. The van der Waals surface area contributed by atoms with Gasteiger partial charge >= 0.3 is 0 Å². The summed E-state index contributed by atoms with van der Waals surface area (Å²) < 4.78 is 48.4. The van der Waals surface area contributed by atoms with E-state index >= 15 is 0 Å². The highest BCUT2D eigenvalue weighted by atomic mass is 32.3. The normalized spacial score (nSPS) is 14.7. The van der Waals surface area contributed by atoms with Crippen molar-refractivity contribution < 1.29 is 16.8 Å². The summed E-state index contributed by atoms with van der Waals surface area (Å²) in [5.74, 6) is -0.0416. The minimum absolute atomic E-state index is 0.00260. The maximum Gasteiger partial charge on any atom is 0.271 e. The van der Waals surface area contributed by atoms with Crippen LogP contribution in [0.5, 0.6) is 0 Å². The summed E-state index contributed by atoms with van der Waals surface area (Å²) in [6.45, 7) is 3.83. The summed E-state index contributed by atoms with van der Waals surface area (Å²) in [6, 6.07) is 0. The van der Waals surface area contributed by atoms with Crippen molar-refractivity contribution in [3.63, 3.8) is 0 Å². The first kappa shape index (κ1) is 17.5. The molecule has 0 aliphatic heterocycles. The van der Waals surface area contributed by atoms with Gasteiger partial charge in [0.25, 0.3) is 10.0 Å². The van der Waals surface area contributed by atoms with Crippen LogP contribution in [0.2, 0.25) is 0 Å². The molecule has 0 amide bonds. The first-order valence-electron chi connectivity index (χ1n) is 6.10. The highest BCUT2D eigenvalue weighted by Crippen LogP contribution is 2.24. The molecule has 7 nitrogen and oxygen atoms in total. The van der Waals surface area contributed by atoms with Crippen molar-refractivity contribution in [2.75, 3.05) is 19.8 Å². The Kier molecular flexibility index (Phi) is 5.64. The van der Waals surface area contributed by atoms with E-state index in [-0.39, 0.29) is 20.4 Å². The van der Waals surface area contributed by atoms with Gasteiger partial charge in [-0.25, -0.2) is 21.1 Å². The van der Waals surface area contributed by atoms with Crippen molar-refractivity contribution in [3.8, 4) is 0 Å². The third kappa shape index (κ3) is 3.96. The number of sulfone groups is 1.